The largest absolute Gasteiger partial charge is 0.511 e. The number of nitrogens with zero attached hydrogens (tertiary/aromatic N) is 1. The van der Waals surface area contributed by atoms with Crippen LogP contribution in [0.2, 0.25) is 0 Å². The van der Waals surface area contributed by atoms with E-state index >= 15 is 0 Å². The van der Waals surface area contributed by atoms with Gasteiger partial charge in [0.1, 0.15) is 5.76 Å². The number of aryl methyl sites for hydroxylation is 2. The van der Waals surface area contributed by atoms with E-state index in [-0.39, 0.29) is 36.7 Å². The molecule has 4 heteroatoms. The Bertz CT molecular complexity index is 1350. The van der Waals surface area contributed by atoms with E-state index in [0.717, 1.165) is 48.1 Å². The average molecular weight is 689 g/mol. The van der Waals surface area contributed by atoms with Crippen LogP contribution in [0.3, 0.4) is 0 Å². The summed E-state index contributed by atoms with van der Waals surface area (Å²) in [7, 11) is 0. The van der Waals surface area contributed by atoms with Gasteiger partial charge in [-0.3, -0.25) is 4.79 Å². The molecular formula is C34H42IrNO2-. The number of aliphatic hydroxyl groups excluding tert-OH is 1. The third kappa shape index (κ3) is 6.13. The van der Waals surface area contributed by atoms with Crippen LogP contribution < -0.4 is 0 Å². The second-order valence-corrected chi connectivity index (χ2v) is 12.7. The van der Waals surface area contributed by atoms with Gasteiger partial charge >= 0.3 is 0 Å². The van der Waals surface area contributed by atoms with Gasteiger partial charge in [-0.25, -0.2) is 0 Å². The first-order valence-electron chi connectivity index (χ1n) is 13.7. The van der Waals surface area contributed by atoms with E-state index in [0.29, 0.717) is 17.6 Å². The number of Topliss-reactive ketones (excluding diaryl/α,β-unsaturated/α-hetero) is 1. The average Bonchev–Trinajstić information content (AvgIpc) is 2.83. The number of carbonyl (C=O) groups excluding carboxylic acids is 1. The van der Waals surface area contributed by atoms with Crippen molar-refractivity contribution in [2.45, 2.75) is 87.0 Å². The number of ketones is 1. The number of benzene rings is 2. The zero-order valence-corrected chi connectivity index (χ0v) is 26.6. The molecule has 0 saturated heterocycles. The van der Waals surface area contributed by atoms with Crippen LogP contribution in [0.1, 0.15) is 89.8 Å². The van der Waals surface area contributed by atoms with Crippen molar-refractivity contribution in [3.05, 3.63) is 76.7 Å². The number of fused-ring (bicyclic) bond motifs is 2. The SMILES string of the molecule is CC1(C)CCC2CCC(C)(C)C(O)=C2C1=O.Cc1[c-]c(-c2nccc3cc(C(C)C)ccc23)cc(C)c1.[Ir]. The Balaban J connectivity index is 0.000000213. The molecule has 3 aromatic rings. The van der Waals surface area contributed by atoms with E-state index < -0.39 is 0 Å². The summed E-state index contributed by atoms with van der Waals surface area (Å²) in [6, 6.07) is 16.5. The van der Waals surface area contributed by atoms with Gasteiger partial charge in [0, 0.05) is 42.7 Å². The van der Waals surface area contributed by atoms with Crippen molar-refractivity contribution in [2.75, 3.05) is 0 Å². The number of aliphatic hydroxyl groups is 1. The summed E-state index contributed by atoms with van der Waals surface area (Å²) in [6.45, 7) is 16.7. The Morgan fingerprint density at radius 1 is 0.974 bits per heavy atom. The van der Waals surface area contributed by atoms with Crippen LogP contribution in [0, 0.1) is 36.7 Å². The predicted molar refractivity (Wildman–Crippen MR) is 154 cm³/mol. The summed E-state index contributed by atoms with van der Waals surface area (Å²) in [5, 5.41) is 12.7. The molecule has 1 unspecified atom stereocenters. The minimum atomic E-state index is -0.284. The van der Waals surface area contributed by atoms with E-state index in [1.807, 2.05) is 33.9 Å². The van der Waals surface area contributed by atoms with E-state index in [4.69, 9.17) is 0 Å². The summed E-state index contributed by atoms with van der Waals surface area (Å²) in [6.07, 6.45) is 5.93. The van der Waals surface area contributed by atoms with Crippen molar-refractivity contribution in [1.29, 1.82) is 0 Å². The van der Waals surface area contributed by atoms with E-state index in [1.54, 1.807) is 0 Å². The smallest absolute Gasteiger partial charge is 0.168 e. The van der Waals surface area contributed by atoms with Crippen LogP contribution in [0.4, 0.5) is 0 Å². The minimum Gasteiger partial charge on any atom is -0.511 e. The molecule has 0 bridgehead atoms. The predicted octanol–water partition coefficient (Wildman–Crippen LogP) is 9.06. The summed E-state index contributed by atoms with van der Waals surface area (Å²) >= 11 is 0. The molecule has 2 aliphatic carbocycles. The number of aromatic nitrogens is 1. The molecule has 1 aromatic heterocycles. The Morgan fingerprint density at radius 3 is 2.26 bits per heavy atom. The van der Waals surface area contributed by atoms with Crippen LogP contribution in [-0.2, 0) is 24.9 Å². The number of hydrogen-bond donors (Lipinski definition) is 1. The van der Waals surface area contributed by atoms with Gasteiger partial charge in [-0.2, -0.15) is 0 Å². The Labute approximate surface area is 242 Å². The Morgan fingerprint density at radius 2 is 1.63 bits per heavy atom. The van der Waals surface area contributed by atoms with Gasteiger partial charge in [-0.1, -0.05) is 73.6 Å². The molecule has 1 radical (unpaired) electrons. The van der Waals surface area contributed by atoms with Gasteiger partial charge < -0.3 is 10.1 Å². The van der Waals surface area contributed by atoms with Gasteiger partial charge in [-0.05, 0) is 65.6 Å². The first-order chi connectivity index (χ1) is 17.3. The number of hydrogen-bond acceptors (Lipinski definition) is 3. The fourth-order valence-corrected chi connectivity index (χ4v) is 5.74. The summed E-state index contributed by atoms with van der Waals surface area (Å²) in [5.41, 5.74) is 6.12. The van der Waals surface area contributed by atoms with E-state index in [2.05, 4.69) is 75.1 Å². The Kier molecular flexibility index (Phi) is 9.11. The molecule has 205 valence electrons. The first kappa shape index (κ1) is 30.3. The molecule has 38 heavy (non-hydrogen) atoms. The summed E-state index contributed by atoms with van der Waals surface area (Å²) in [4.78, 5) is 17.0. The summed E-state index contributed by atoms with van der Waals surface area (Å²) in [5.74, 6) is 1.39. The standard InChI is InChI=1S/C20H20N.C14H22O2.Ir/c1-13(2)16-5-6-19-17(12-16)7-8-21-20(19)18-10-14(3)9-15(4)11-18;1-13(2)7-5-9-6-8-14(3,4)12(16)10(9)11(13)15;/h5-10,12-13H,1-4H3;9,15H,5-8H2,1-4H3;/q-1;;. The number of pyridine rings is 1. The molecule has 1 N–H and O–H groups in total. The van der Waals surface area contributed by atoms with Crippen molar-refractivity contribution >= 4 is 16.6 Å². The van der Waals surface area contributed by atoms with Crippen LogP contribution in [0.5, 0.6) is 0 Å². The molecular weight excluding hydrogens is 647 g/mol. The zero-order valence-electron chi connectivity index (χ0n) is 24.2. The molecule has 3 nitrogen and oxygen atoms in total. The maximum atomic E-state index is 12.4. The van der Waals surface area contributed by atoms with Crippen molar-refractivity contribution < 1.29 is 30.0 Å². The summed E-state index contributed by atoms with van der Waals surface area (Å²) < 4.78 is 0. The molecule has 0 amide bonds. The second-order valence-electron chi connectivity index (χ2n) is 12.7. The maximum absolute atomic E-state index is 12.4. The zero-order chi connectivity index (χ0) is 27.1. The Hall–Kier alpha value is -2.29. The van der Waals surface area contributed by atoms with E-state index in [9.17, 15) is 9.90 Å². The van der Waals surface area contributed by atoms with Gasteiger partial charge in [0.25, 0.3) is 0 Å². The quantitative estimate of drug-likeness (QED) is 0.274. The van der Waals surface area contributed by atoms with Crippen LogP contribution in [0.15, 0.2) is 53.9 Å². The van der Waals surface area contributed by atoms with Crippen molar-refractivity contribution in [3.63, 3.8) is 0 Å². The normalized spacial score (nSPS) is 19.9. The number of rotatable bonds is 2. The van der Waals surface area contributed by atoms with Crippen molar-refractivity contribution in [2.24, 2.45) is 16.7 Å². The molecule has 1 saturated carbocycles. The van der Waals surface area contributed by atoms with E-state index in [1.165, 1.54) is 21.9 Å². The fourth-order valence-electron chi connectivity index (χ4n) is 5.74. The van der Waals surface area contributed by atoms with Gasteiger partial charge in [-0.15, -0.1) is 34.9 Å². The number of carbonyl (C=O) groups is 1. The third-order valence-electron chi connectivity index (χ3n) is 8.26. The van der Waals surface area contributed by atoms with Gasteiger partial charge in [0.05, 0.1) is 0 Å². The molecule has 2 aromatic carbocycles. The first-order valence-corrected chi connectivity index (χ1v) is 13.7. The second kappa shape index (κ2) is 11.4. The van der Waals surface area contributed by atoms with Crippen molar-refractivity contribution in [1.82, 2.24) is 4.98 Å². The molecule has 1 heterocycles. The molecule has 1 atom stereocenters. The van der Waals surface area contributed by atoms with Gasteiger partial charge in [0.15, 0.2) is 5.78 Å². The topological polar surface area (TPSA) is 50.2 Å². The molecule has 0 aliphatic heterocycles. The van der Waals surface area contributed by atoms with Gasteiger partial charge in [0.2, 0.25) is 0 Å². The maximum Gasteiger partial charge on any atom is 0.168 e. The van der Waals surface area contributed by atoms with Crippen LogP contribution in [-0.4, -0.2) is 15.9 Å². The number of allylic oxidation sites excluding steroid dienone is 2. The molecule has 1 fully saturated rings. The molecule has 2 aliphatic rings. The third-order valence-corrected chi connectivity index (χ3v) is 8.26. The van der Waals surface area contributed by atoms with Crippen molar-refractivity contribution in [3.8, 4) is 11.3 Å². The van der Waals surface area contributed by atoms with Crippen LogP contribution in [0.25, 0.3) is 22.0 Å². The molecule has 5 rings (SSSR count). The van der Waals surface area contributed by atoms with Crippen LogP contribution >= 0.6 is 0 Å². The monoisotopic (exact) mass is 689 g/mol. The minimum absolute atomic E-state index is 0. The fraction of sp³-hybridized carbons (Fsp3) is 0.471. The molecule has 0 spiro atoms.